The Morgan fingerprint density at radius 2 is 1.97 bits per heavy atom. The quantitative estimate of drug-likeness (QED) is 0.323. The number of amides is 1. The van der Waals surface area contributed by atoms with Crippen LogP contribution in [0, 0.1) is 11.6 Å². The lowest BCUT2D eigenvalue weighted by molar-refractivity contribution is 0.0539. The summed E-state index contributed by atoms with van der Waals surface area (Å²) >= 11 is 6.58. The van der Waals surface area contributed by atoms with Crippen molar-refractivity contribution in [2.75, 3.05) is 6.54 Å². The monoisotopic (exact) mass is 548 g/mol. The molecule has 1 saturated heterocycles. The average Bonchev–Trinajstić information content (AvgIpc) is 3.70. The second-order valence-corrected chi connectivity index (χ2v) is 10.5. The van der Waals surface area contributed by atoms with E-state index in [2.05, 4.69) is 15.5 Å². The Kier molecular flexibility index (Phi) is 5.43. The van der Waals surface area contributed by atoms with E-state index in [1.165, 1.54) is 18.3 Å². The summed E-state index contributed by atoms with van der Waals surface area (Å²) in [5.74, 6) is -2.36. The number of nitrogens with one attached hydrogen (secondary N) is 2. The number of rotatable bonds is 4. The van der Waals surface area contributed by atoms with Crippen LogP contribution in [-0.2, 0) is 18.6 Å². The number of nitrogens with two attached hydrogens (primary N) is 1. The van der Waals surface area contributed by atoms with Gasteiger partial charge in [-0.25, -0.2) is 8.78 Å². The van der Waals surface area contributed by atoms with Gasteiger partial charge in [-0.15, -0.1) is 0 Å². The van der Waals surface area contributed by atoms with E-state index >= 15 is 8.78 Å². The zero-order valence-electron chi connectivity index (χ0n) is 20.6. The van der Waals surface area contributed by atoms with Crippen LogP contribution in [0.15, 0.2) is 48.7 Å². The predicted octanol–water partition coefficient (Wildman–Crippen LogP) is 5.25. The van der Waals surface area contributed by atoms with Crippen molar-refractivity contribution in [3.05, 3.63) is 87.7 Å². The van der Waals surface area contributed by atoms with Crippen molar-refractivity contribution < 1.29 is 23.0 Å². The standard InChI is InChI=1S/C29H23ClF2N4O3/c30-25-19(31)10-21-17(11-29(39-21,22-7-4-8-34-22)14-5-2-1-3-6-14)23(25)24-16(28(33)37)9-15-18-12-35-36-20(18)13-38-27(15)26(24)32/h1-3,5-6,9-10,12,22,34H,4,7-8,11,13H2,(H2,33,37)(H,35,36)/t22-,29-/m0/s1. The number of aromatic nitrogens is 2. The summed E-state index contributed by atoms with van der Waals surface area (Å²) in [7, 11) is 0. The van der Waals surface area contributed by atoms with Crippen molar-refractivity contribution in [1.29, 1.82) is 0 Å². The maximum atomic E-state index is 16.5. The van der Waals surface area contributed by atoms with Crippen LogP contribution in [0.1, 0.15) is 40.0 Å². The van der Waals surface area contributed by atoms with Crippen LogP contribution in [0.4, 0.5) is 8.78 Å². The van der Waals surface area contributed by atoms with E-state index in [4.69, 9.17) is 26.8 Å². The first-order valence-corrected chi connectivity index (χ1v) is 13.1. The van der Waals surface area contributed by atoms with Gasteiger partial charge < -0.3 is 20.5 Å². The Labute approximate surface area is 227 Å². The van der Waals surface area contributed by atoms with Gasteiger partial charge in [0.05, 0.1) is 28.5 Å². The first-order chi connectivity index (χ1) is 18.9. The minimum Gasteiger partial charge on any atom is -0.484 e. The smallest absolute Gasteiger partial charge is 0.249 e. The topological polar surface area (TPSA) is 102 Å². The van der Waals surface area contributed by atoms with Gasteiger partial charge in [-0.2, -0.15) is 5.10 Å². The van der Waals surface area contributed by atoms with Gasteiger partial charge in [-0.1, -0.05) is 41.9 Å². The van der Waals surface area contributed by atoms with Crippen LogP contribution in [0.2, 0.25) is 5.02 Å². The number of aromatic amines is 1. The van der Waals surface area contributed by atoms with Crippen LogP contribution < -0.4 is 20.5 Å². The summed E-state index contributed by atoms with van der Waals surface area (Å²) in [6, 6.07) is 12.3. The highest BCUT2D eigenvalue weighted by Crippen LogP contribution is 2.53. The number of fused-ring (bicyclic) bond motifs is 4. The first-order valence-electron chi connectivity index (χ1n) is 12.7. The van der Waals surface area contributed by atoms with Crippen molar-refractivity contribution in [2.24, 2.45) is 5.73 Å². The molecule has 3 aliphatic rings. The van der Waals surface area contributed by atoms with Gasteiger partial charge in [0.25, 0.3) is 0 Å². The summed E-state index contributed by atoms with van der Waals surface area (Å²) in [5, 5.41) is 10.0. The van der Waals surface area contributed by atoms with Crippen molar-refractivity contribution in [2.45, 2.75) is 37.5 Å². The molecule has 0 aliphatic carbocycles. The van der Waals surface area contributed by atoms with E-state index in [-0.39, 0.29) is 52.3 Å². The molecule has 3 aromatic carbocycles. The maximum Gasteiger partial charge on any atom is 0.249 e. The largest absolute Gasteiger partial charge is 0.484 e. The summed E-state index contributed by atoms with van der Waals surface area (Å²) < 4.78 is 44.2. The van der Waals surface area contributed by atoms with Crippen molar-refractivity contribution in [1.82, 2.24) is 15.5 Å². The molecule has 1 aromatic heterocycles. The molecular formula is C29H23ClF2N4O3. The summed E-state index contributed by atoms with van der Waals surface area (Å²) in [6.07, 6.45) is 3.61. The van der Waals surface area contributed by atoms with Crippen molar-refractivity contribution in [3.8, 4) is 33.8 Å². The van der Waals surface area contributed by atoms with E-state index in [0.717, 1.165) is 24.9 Å². The fourth-order valence-electron chi connectivity index (χ4n) is 6.23. The molecule has 0 radical (unpaired) electrons. The van der Waals surface area contributed by atoms with Gasteiger partial charge >= 0.3 is 0 Å². The average molecular weight is 549 g/mol. The Morgan fingerprint density at radius 3 is 2.72 bits per heavy atom. The molecule has 0 unspecified atom stereocenters. The number of primary amides is 1. The number of carbonyl (C=O) groups is 1. The van der Waals surface area contributed by atoms with Crippen LogP contribution in [0.5, 0.6) is 11.5 Å². The molecule has 0 bridgehead atoms. The summed E-state index contributed by atoms with van der Waals surface area (Å²) in [6.45, 7) is 0.872. The van der Waals surface area contributed by atoms with Crippen LogP contribution in [0.3, 0.4) is 0 Å². The molecule has 0 saturated carbocycles. The Bertz CT molecular complexity index is 1650. The van der Waals surface area contributed by atoms with Gasteiger partial charge in [-0.3, -0.25) is 9.89 Å². The number of hydrogen-bond donors (Lipinski definition) is 3. The van der Waals surface area contributed by atoms with E-state index in [1.807, 2.05) is 30.3 Å². The summed E-state index contributed by atoms with van der Waals surface area (Å²) in [4.78, 5) is 12.8. The van der Waals surface area contributed by atoms with E-state index in [9.17, 15) is 4.79 Å². The third-order valence-electron chi connectivity index (χ3n) is 8.01. The van der Waals surface area contributed by atoms with Crippen LogP contribution in [-0.4, -0.2) is 28.7 Å². The Hall–Kier alpha value is -3.95. The number of ether oxygens (including phenoxy) is 2. The molecule has 0 spiro atoms. The fourth-order valence-corrected chi connectivity index (χ4v) is 6.50. The number of H-pyrrole nitrogens is 1. The first kappa shape index (κ1) is 24.1. The van der Waals surface area contributed by atoms with Gasteiger partial charge in [0.2, 0.25) is 5.91 Å². The van der Waals surface area contributed by atoms with Gasteiger partial charge in [0.15, 0.2) is 17.2 Å². The molecule has 1 amide bonds. The fraction of sp³-hybridized carbons (Fsp3) is 0.241. The lowest BCUT2D eigenvalue weighted by Gasteiger charge is -2.35. The zero-order chi connectivity index (χ0) is 26.9. The Balaban J connectivity index is 1.48. The minimum absolute atomic E-state index is 0.0400. The lowest BCUT2D eigenvalue weighted by Crippen LogP contribution is -2.48. The van der Waals surface area contributed by atoms with Gasteiger partial charge in [-0.05, 0) is 31.0 Å². The van der Waals surface area contributed by atoms with Crippen LogP contribution >= 0.6 is 11.6 Å². The number of halogens is 3. The zero-order valence-corrected chi connectivity index (χ0v) is 21.4. The van der Waals surface area contributed by atoms with Gasteiger partial charge in [0, 0.05) is 40.3 Å². The predicted molar refractivity (Wildman–Crippen MR) is 141 cm³/mol. The number of benzene rings is 3. The normalized spacial score (nSPS) is 21.1. The second-order valence-electron chi connectivity index (χ2n) is 10.1. The molecule has 7 rings (SSSR count). The lowest BCUT2D eigenvalue weighted by atomic mass is 9.80. The Morgan fingerprint density at radius 1 is 1.15 bits per heavy atom. The molecule has 10 heteroatoms. The SMILES string of the molecule is NC(=O)c1cc2c(c(F)c1-c1c(Cl)c(F)cc3c1C[C@](c1ccccc1)([C@@H]1CCCN1)O3)OCc1[nH]ncc1-2. The van der Waals surface area contributed by atoms with E-state index in [1.54, 1.807) is 0 Å². The van der Waals surface area contributed by atoms with Gasteiger partial charge in [0.1, 0.15) is 18.2 Å². The van der Waals surface area contributed by atoms with Crippen molar-refractivity contribution in [3.63, 3.8) is 0 Å². The third-order valence-corrected chi connectivity index (χ3v) is 8.38. The molecule has 1 fully saturated rings. The van der Waals surface area contributed by atoms with Crippen molar-refractivity contribution >= 4 is 17.5 Å². The molecule has 4 heterocycles. The van der Waals surface area contributed by atoms with Crippen LogP contribution in [0.25, 0.3) is 22.3 Å². The molecular weight excluding hydrogens is 526 g/mol. The number of carbonyl (C=O) groups excluding carboxylic acids is 1. The third kappa shape index (κ3) is 3.49. The molecule has 198 valence electrons. The molecule has 7 nitrogen and oxygen atoms in total. The molecule has 4 aromatic rings. The van der Waals surface area contributed by atoms with E-state index < -0.39 is 23.1 Å². The highest BCUT2D eigenvalue weighted by Gasteiger charge is 2.50. The second kappa shape index (κ2) is 8.79. The number of hydrogen-bond acceptors (Lipinski definition) is 5. The minimum atomic E-state index is -0.887. The molecule has 4 N–H and O–H groups in total. The molecule has 2 atom stereocenters. The molecule has 3 aliphatic heterocycles. The molecule has 39 heavy (non-hydrogen) atoms. The maximum absolute atomic E-state index is 16.5. The van der Waals surface area contributed by atoms with E-state index in [0.29, 0.717) is 22.4 Å². The summed E-state index contributed by atoms with van der Waals surface area (Å²) in [5.41, 5.74) is 7.55. The highest BCUT2D eigenvalue weighted by atomic mass is 35.5. The highest BCUT2D eigenvalue weighted by molar-refractivity contribution is 6.34. The number of nitrogens with zero attached hydrogens (tertiary/aromatic N) is 1.